The number of benzene rings is 1. The maximum Gasteiger partial charge on any atom is 0.0458 e. The fourth-order valence-electron chi connectivity index (χ4n) is 2.11. The highest BCUT2D eigenvalue weighted by atomic mass is 15.1. The molecule has 0 aliphatic heterocycles. The summed E-state index contributed by atoms with van der Waals surface area (Å²) in [5.74, 6) is 0. The molecule has 0 bridgehead atoms. The Bertz CT molecular complexity index is 307. The molecule has 1 aromatic rings. The molecule has 0 saturated carbocycles. The molecule has 1 aromatic carbocycles. The number of hydrogen-bond acceptors (Lipinski definition) is 2. The van der Waals surface area contributed by atoms with Crippen molar-refractivity contribution in [2.75, 3.05) is 14.1 Å². The fourth-order valence-corrected chi connectivity index (χ4v) is 2.11. The van der Waals surface area contributed by atoms with Crippen LogP contribution >= 0.6 is 0 Å². The quantitative estimate of drug-likeness (QED) is 0.696. The van der Waals surface area contributed by atoms with Gasteiger partial charge in [-0.2, -0.15) is 0 Å². The molecule has 2 atom stereocenters. The van der Waals surface area contributed by atoms with E-state index < -0.39 is 0 Å². The number of likely N-dealkylation sites (N-methyl/N-ethyl adjacent to an activating group) is 1. The third-order valence-corrected chi connectivity index (χ3v) is 2.92. The van der Waals surface area contributed by atoms with Crippen molar-refractivity contribution in [3.8, 4) is 0 Å². The van der Waals surface area contributed by atoms with Crippen LogP contribution in [0.5, 0.6) is 0 Å². The zero-order valence-electron chi connectivity index (χ0n) is 8.20. The van der Waals surface area contributed by atoms with E-state index in [1.54, 1.807) is 0 Å². The van der Waals surface area contributed by atoms with Crippen LogP contribution in [-0.2, 0) is 6.42 Å². The Labute approximate surface area is 79.4 Å². The lowest BCUT2D eigenvalue weighted by Crippen LogP contribution is -2.35. The first-order chi connectivity index (χ1) is 6.20. The van der Waals surface area contributed by atoms with Crippen molar-refractivity contribution in [3.05, 3.63) is 35.4 Å². The van der Waals surface area contributed by atoms with Crippen LogP contribution in [-0.4, -0.2) is 25.0 Å². The second kappa shape index (κ2) is 3.13. The molecule has 2 nitrogen and oxygen atoms in total. The second-order valence-corrected chi connectivity index (χ2v) is 3.96. The maximum atomic E-state index is 6.15. The van der Waals surface area contributed by atoms with Gasteiger partial charge in [0.1, 0.15) is 0 Å². The molecule has 0 radical (unpaired) electrons. The summed E-state index contributed by atoms with van der Waals surface area (Å²) in [5.41, 5.74) is 8.88. The van der Waals surface area contributed by atoms with Gasteiger partial charge in [0.25, 0.3) is 0 Å². The molecular formula is C11H16N2. The molecule has 2 N–H and O–H groups in total. The van der Waals surface area contributed by atoms with Gasteiger partial charge in [0.2, 0.25) is 0 Å². The number of rotatable bonds is 1. The normalized spacial score (nSPS) is 26.5. The van der Waals surface area contributed by atoms with Gasteiger partial charge in [0, 0.05) is 12.1 Å². The molecule has 0 heterocycles. The van der Waals surface area contributed by atoms with Gasteiger partial charge < -0.3 is 10.6 Å². The van der Waals surface area contributed by atoms with Crippen molar-refractivity contribution in [2.24, 2.45) is 5.73 Å². The smallest absolute Gasteiger partial charge is 0.0458 e. The molecule has 13 heavy (non-hydrogen) atoms. The average molecular weight is 176 g/mol. The SMILES string of the molecule is CN(C)C1Cc2ccccc2C1N. The summed E-state index contributed by atoms with van der Waals surface area (Å²) in [6.45, 7) is 0. The van der Waals surface area contributed by atoms with E-state index in [1.807, 2.05) is 0 Å². The Hall–Kier alpha value is -0.860. The Morgan fingerprint density at radius 3 is 2.62 bits per heavy atom. The standard InChI is InChI=1S/C11H16N2/c1-13(2)10-7-8-5-3-4-6-9(8)11(10)12/h3-6,10-11H,7,12H2,1-2H3. The van der Waals surface area contributed by atoms with Crippen LogP contribution in [0.1, 0.15) is 17.2 Å². The summed E-state index contributed by atoms with van der Waals surface area (Å²) in [6.07, 6.45) is 1.09. The number of nitrogens with two attached hydrogens (primary N) is 1. The van der Waals surface area contributed by atoms with E-state index in [2.05, 4.69) is 43.3 Å². The number of hydrogen-bond donors (Lipinski definition) is 1. The first-order valence-corrected chi connectivity index (χ1v) is 4.70. The number of nitrogens with zero attached hydrogens (tertiary/aromatic N) is 1. The monoisotopic (exact) mass is 176 g/mol. The van der Waals surface area contributed by atoms with E-state index in [4.69, 9.17) is 5.73 Å². The lowest BCUT2D eigenvalue weighted by atomic mass is 10.1. The van der Waals surface area contributed by atoms with Crippen LogP contribution in [0.15, 0.2) is 24.3 Å². The molecule has 0 fully saturated rings. The topological polar surface area (TPSA) is 29.3 Å². The van der Waals surface area contributed by atoms with E-state index in [0.717, 1.165) is 6.42 Å². The summed E-state index contributed by atoms with van der Waals surface area (Å²) in [4.78, 5) is 2.21. The highest BCUT2D eigenvalue weighted by Crippen LogP contribution is 2.31. The molecular weight excluding hydrogens is 160 g/mol. The molecule has 1 aliphatic rings. The summed E-state index contributed by atoms with van der Waals surface area (Å²) in [5, 5.41) is 0. The lowest BCUT2D eigenvalue weighted by Gasteiger charge is -2.23. The Kier molecular flexibility index (Phi) is 2.10. The zero-order valence-corrected chi connectivity index (χ0v) is 8.20. The van der Waals surface area contributed by atoms with Gasteiger partial charge in [0.05, 0.1) is 0 Å². The Balaban J connectivity index is 2.32. The van der Waals surface area contributed by atoms with Crippen LogP contribution in [0.25, 0.3) is 0 Å². The van der Waals surface area contributed by atoms with Gasteiger partial charge in [-0.25, -0.2) is 0 Å². The molecule has 0 aromatic heterocycles. The van der Waals surface area contributed by atoms with E-state index >= 15 is 0 Å². The Morgan fingerprint density at radius 1 is 1.31 bits per heavy atom. The largest absolute Gasteiger partial charge is 0.323 e. The third kappa shape index (κ3) is 1.36. The lowest BCUT2D eigenvalue weighted by molar-refractivity contribution is 0.269. The average Bonchev–Trinajstić information content (AvgIpc) is 2.45. The highest BCUT2D eigenvalue weighted by molar-refractivity contribution is 5.36. The Morgan fingerprint density at radius 2 is 2.00 bits per heavy atom. The summed E-state index contributed by atoms with van der Waals surface area (Å²) < 4.78 is 0. The molecule has 2 rings (SSSR count). The van der Waals surface area contributed by atoms with Gasteiger partial charge in [0.15, 0.2) is 0 Å². The summed E-state index contributed by atoms with van der Waals surface area (Å²) >= 11 is 0. The van der Waals surface area contributed by atoms with Gasteiger partial charge in [-0.05, 0) is 31.6 Å². The van der Waals surface area contributed by atoms with E-state index in [0.29, 0.717) is 6.04 Å². The predicted octanol–water partition coefficient (Wildman–Crippen LogP) is 1.17. The van der Waals surface area contributed by atoms with Crippen LogP contribution in [0, 0.1) is 0 Å². The minimum atomic E-state index is 0.186. The van der Waals surface area contributed by atoms with E-state index in [1.165, 1.54) is 11.1 Å². The van der Waals surface area contributed by atoms with Gasteiger partial charge in [-0.3, -0.25) is 0 Å². The second-order valence-electron chi connectivity index (χ2n) is 3.96. The third-order valence-electron chi connectivity index (χ3n) is 2.92. The molecule has 2 unspecified atom stereocenters. The maximum absolute atomic E-state index is 6.15. The van der Waals surface area contributed by atoms with Gasteiger partial charge >= 0.3 is 0 Å². The van der Waals surface area contributed by atoms with Gasteiger partial charge in [-0.1, -0.05) is 24.3 Å². The van der Waals surface area contributed by atoms with E-state index in [9.17, 15) is 0 Å². The van der Waals surface area contributed by atoms with Gasteiger partial charge in [-0.15, -0.1) is 0 Å². The van der Waals surface area contributed by atoms with Crippen LogP contribution in [0.3, 0.4) is 0 Å². The molecule has 0 spiro atoms. The van der Waals surface area contributed by atoms with Crippen molar-refractivity contribution in [2.45, 2.75) is 18.5 Å². The molecule has 2 heteroatoms. The zero-order chi connectivity index (χ0) is 9.42. The van der Waals surface area contributed by atoms with Crippen LogP contribution in [0.2, 0.25) is 0 Å². The predicted molar refractivity (Wildman–Crippen MR) is 54.5 cm³/mol. The number of fused-ring (bicyclic) bond motifs is 1. The molecule has 0 amide bonds. The van der Waals surface area contributed by atoms with Crippen molar-refractivity contribution in [1.29, 1.82) is 0 Å². The summed E-state index contributed by atoms with van der Waals surface area (Å²) in [6, 6.07) is 9.13. The first kappa shape index (κ1) is 8.73. The van der Waals surface area contributed by atoms with Crippen molar-refractivity contribution >= 4 is 0 Å². The fraction of sp³-hybridized carbons (Fsp3) is 0.455. The minimum Gasteiger partial charge on any atom is -0.323 e. The van der Waals surface area contributed by atoms with Crippen molar-refractivity contribution in [1.82, 2.24) is 4.90 Å². The molecule has 70 valence electrons. The van der Waals surface area contributed by atoms with Crippen molar-refractivity contribution in [3.63, 3.8) is 0 Å². The van der Waals surface area contributed by atoms with E-state index in [-0.39, 0.29) is 6.04 Å². The molecule has 0 saturated heterocycles. The highest BCUT2D eigenvalue weighted by Gasteiger charge is 2.30. The first-order valence-electron chi connectivity index (χ1n) is 4.70. The van der Waals surface area contributed by atoms with Crippen LogP contribution < -0.4 is 5.73 Å². The van der Waals surface area contributed by atoms with Crippen LogP contribution in [0.4, 0.5) is 0 Å². The molecule has 1 aliphatic carbocycles. The summed E-state index contributed by atoms with van der Waals surface area (Å²) in [7, 11) is 4.19. The van der Waals surface area contributed by atoms with Crippen molar-refractivity contribution < 1.29 is 0 Å². The minimum absolute atomic E-state index is 0.186.